The number of carboxylic acids is 1. The monoisotopic (exact) mass is 296 g/mol. The van der Waals surface area contributed by atoms with Crippen LogP contribution in [0.1, 0.15) is 42.2 Å². The second-order valence-electron chi connectivity index (χ2n) is 5.70. The molecule has 0 spiro atoms. The Morgan fingerprint density at radius 1 is 1.32 bits per heavy atom. The molecule has 0 unspecified atom stereocenters. The van der Waals surface area contributed by atoms with Gasteiger partial charge in [-0.2, -0.15) is 5.10 Å². The predicted molar refractivity (Wildman–Crippen MR) is 81.3 cm³/mol. The van der Waals surface area contributed by atoms with Gasteiger partial charge in [-0.1, -0.05) is 12.8 Å². The second-order valence-corrected chi connectivity index (χ2v) is 5.70. The number of hydrogen-bond acceptors (Lipinski definition) is 3. The lowest BCUT2D eigenvalue weighted by Gasteiger charge is -2.09. The Kier molecular flexibility index (Phi) is 2.96. The van der Waals surface area contributed by atoms with Crippen molar-refractivity contribution in [3.63, 3.8) is 0 Å². The zero-order chi connectivity index (χ0) is 15.1. The fourth-order valence-corrected chi connectivity index (χ4v) is 3.27. The van der Waals surface area contributed by atoms with Crippen LogP contribution in [0.5, 0.6) is 0 Å². The fraction of sp³-hybridized carbons (Fsp3) is 0.312. The third-order valence-electron chi connectivity index (χ3n) is 4.33. The predicted octanol–water partition coefficient (Wildman–Crippen LogP) is 3.04. The molecule has 1 N–H and O–H groups in total. The first kappa shape index (κ1) is 13.1. The Labute approximate surface area is 127 Å². The molecule has 0 bridgehead atoms. The molecule has 0 aliphatic heterocycles. The van der Waals surface area contributed by atoms with Crippen molar-refractivity contribution in [1.82, 2.24) is 19.3 Å². The topological polar surface area (TPSA) is 72.9 Å². The number of aromatic nitrogens is 4. The molecular weight excluding hydrogens is 280 g/mol. The number of carbonyl (C=O) groups is 1. The van der Waals surface area contributed by atoms with Crippen LogP contribution in [-0.2, 0) is 0 Å². The minimum absolute atomic E-state index is 0.208. The lowest BCUT2D eigenvalue weighted by atomic mass is 10.3. The van der Waals surface area contributed by atoms with Crippen molar-refractivity contribution in [3.8, 4) is 5.69 Å². The van der Waals surface area contributed by atoms with Crippen molar-refractivity contribution < 1.29 is 9.90 Å². The van der Waals surface area contributed by atoms with E-state index in [1.54, 1.807) is 29.1 Å². The van der Waals surface area contributed by atoms with Crippen molar-refractivity contribution in [3.05, 3.63) is 42.5 Å². The molecule has 6 nitrogen and oxygen atoms in total. The van der Waals surface area contributed by atoms with Crippen molar-refractivity contribution in [2.24, 2.45) is 0 Å². The van der Waals surface area contributed by atoms with E-state index in [2.05, 4.69) is 10.1 Å². The Bertz CT molecular complexity index is 843. The van der Waals surface area contributed by atoms with E-state index in [0.29, 0.717) is 11.7 Å². The highest BCUT2D eigenvalue weighted by Gasteiger charge is 2.21. The number of pyridine rings is 1. The normalized spacial score (nSPS) is 15.6. The average molecular weight is 296 g/mol. The van der Waals surface area contributed by atoms with Crippen LogP contribution in [-0.4, -0.2) is 30.4 Å². The molecule has 4 rings (SSSR count). The highest BCUT2D eigenvalue weighted by Crippen LogP contribution is 2.30. The molecule has 1 fully saturated rings. The number of rotatable bonds is 3. The molecule has 0 amide bonds. The summed E-state index contributed by atoms with van der Waals surface area (Å²) in [5.41, 5.74) is 1.60. The van der Waals surface area contributed by atoms with Gasteiger partial charge in [-0.15, -0.1) is 0 Å². The summed E-state index contributed by atoms with van der Waals surface area (Å²) in [7, 11) is 0. The Morgan fingerprint density at radius 2 is 2.14 bits per heavy atom. The summed E-state index contributed by atoms with van der Waals surface area (Å²) in [5, 5.41) is 14.7. The average Bonchev–Trinajstić information content (AvgIpc) is 3.24. The van der Waals surface area contributed by atoms with Gasteiger partial charge in [-0.05, 0) is 31.0 Å². The summed E-state index contributed by atoms with van der Waals surface area (Å²) in [5.74, 6) is -0.966. The van der Waals surface area contributed by atoms with Crippen LogP contribution in [0.15, 0.2) is 36.8 Å². The second kappa shape index (κ2) is 4.98. The fourth-order valence-electron chi connectivity index (χ4n) is 3.27. The first-order valence-electron chi connectivity index (χ1n) is 7.48. The SMILES string of the molecule is O=C(O)c1cc2cccnc2n1-c1cnn(C2CCCC2)c1. The van der Waals surface area contributed by atoms with Gasteiger partial charge in [-0.3, -0.25) is 9.25 Å². The summed E-state index contributed by atoms with van der Waals surface area (Å²) in [6, 6.07) is 5.75. The van der Waals surface area contributed by atoms with E-state index in [0.717, 1.165) is 23.9 Å². The maximum atomic E-state index is 11.6. The Hall–Kier alpha value is -2.63. The molecule has 0 atom stereocenters. The van der Waals surface area contributed by atoms with E-state index in [1.807, 2.05) is 16.9 Å². The molecule has 112 valence electrons. The molecule has 6 heteroatoms. The molecule has 0 aromatic carbocycles. The van der Waals surface area contributed by atoms with Crippen LogP contribution in [0.4, 0.5) is 0 Å². The zero-order valence-corrected chi connectivity index (χ0v) is 12.0. The van der Waals surface area contributed by atoms with Crippen LogP contribution < -0.4 is 0 Å². The summed E-state index contributed by atoms with van der Waals surface area (Å²) >= 11 is 0. The molecule has 3 heterocycles. The van der Waals surface area contributed by atoms with E-state index >= 15 is 0 Å². The highest BCUT2D eigenvalue weighted by atomic mass is 16.4. The minimum atomic E-state index is -0.966. The third-order valence-corrected chi connectivity index (χ3v) is 4.33. The Balaban J connectivity index is 1.86. The van der Waals surface area contributed by atoms with Crippen molar-refractivity contribution in [2.75, 3.05) is 0 Å². The van der Waals surface area contributed by atoms with Crippen molar-refractivity contribution in [2.45, 2.75) is 31.7 Å². The van der Waals surface area contributed by atoms with Gasteiger partial charge in [0.15, 0.2) is 0 Å². The molecule has 1 aliphatic rings. The minimum Gasteiger partial charge on any atom is -0.477 e. The largest absolute Gasteiger partial charge is 0.477 e. The number of aromatic carboxylic acids is 1. The summed E-state index contributed by atoms with van der Waals surface area (Å²) < 4.78 is 3.62. The van der Waals surface area contributed by atoms with E-state index in [-0.39, 0.29) is 5.69 Å². The van der Waals surface area contributed by atoms with Crippen LogP contribution in [0, 0.1) is 0 Å². The van der Waals surface area contributed by atoms with E-state index in [4.69, 9.17) is 0 Å². The molecular formula is C16H16N4O2. The third kappa shape index (κ3) is 1.99. The van der Waals surface area contributed by atoms with Crippen LogP contribution >= 0.6 is 0 Å². The quantitative estimate of drug-likeness (QED) is 0.806. The van der Waals surface area contributed by atoms with Gasteiger partial charge >= 0.3 is 5.97 Å². The van der Waals surface area contributed by atoms with Crippen molar-refractivity contribution >= 4 is 17.0 Å². The maximum absolute atomic E-state index is 11.6. The highest BCUT2D eigenvalue weighted by molar-refractivity contribution is 5.94. The number of fused-ring (bicyclic) bond motifs is 1. The van der Waals surface area contributed by atoms with Gasteiger partial charge in [0.1, 0.15) is 11.3 Å². The van der Waals surface area contributed by atoms with E-state index < -0.39 is 5.97 Å². The standard InChI is InChI=1S/C16H16N4O2/c21-16(22)14-8-11-4-3-7-17-15(11)20(14)13-9-18-19(10-13)12-5-1-2-6-12/h3-4,7-10,12H,1-2,5-6H2,(H,21,22). The summed E-state index contributed by atoms with van der Waals surface area (Å²) in [6.07, 6.45) is 10.1. The smallest absolute Gasteiger partial charge is 0.352 e. The van der Waals surface area contributed by atoms with Gasteiger partial charge < -0.3 is 5.11 Å². The van der Waals surface area contributed by atoms with Gasteiger partial charge in [0, 0.05) is 17.8 Å². The van der Waals surface area contributed by atoms with Crippen LogP contribution in [0.3, 0.4) is 0 Å². The zero-order valence-electron chi connectivity index (χ0n) is 12.0. The van der Waals surface area contributed by atoms with Gasteiger partial charge in [0.05, 0.1) is 17.9 Å². The summed E-state index contributed by atoms with van der Waals surface area (Å²) in [4.78, 5) is 15.9. The maximum Gasteiger partial charge on any atom is 0.352 e. The molecule has 0 radical (unpaired) electrons. The lowest BCUT2D eigenvalue weighted by Crippen LogP contribution is -2.07. The number of carboxylic acid groups (broad SMARTS) is 1. The van der Waals surface area contributed by atoms with Crippen LogP contribution in [0.25, 0.3) is 16.7 Å². The number of hydrogen-bond donors (Lipinski definition) is 1. The Morgan fingerprint density at radius 3 is 2.91 bits per heavy atom. The van der Waals surface area contributed by atoms with Crippen LogP contribution in [0.2, 0.25) is 0 Å². The lowest BCUT2D eigenvalue weighted by molar-refractivity contribution is 0.0688. The molecule has 22 heavy (non-hydrogen) atoms. The molecule has 1 saturated carbocycles. The van der Waals surface area contributed by atoms with Gasteiger partial charge in [0.25, 0.3) is 0 Å². The van der Waals surface area contributed by atoms with Gasteiger partial charge in [0.2, 0.25) is 0 Å². The van der Waals surface area contributed by atoms with Crippen molar-refractivity contribution in [1.29, 1.82) is 0 Å². The van der Waals surface area contributed by atoms with E-state index in [9.17, 15) is 9.90 Å². The number of nitrogens with zero attached hydrogens (tertiary/aromatic N) is 4. The van der Waals surface area contributed by atoms with E-state index in [1.165, 1.54) is 12.8 Å². The summed E-state index contributed by atoms with van der Waals surface area (Å²) in [6.45, 7) is 0. The molecule has 0 saturated heterocycles. The van der Waals surface area contributed by atoms with Gasteiger partial charge in [-0.25, -0.2) is 9.78 Å². The first-order chi connectivity index (χ1) is 10.7. The molecule has 3 aromatic heterocycles. The first-order valence-corrected chi connectivity index (χ1v) is 7.48. The molecule has 3 aromatic rings. The molecule has 1 aliphatic carbocycles.